The highest BCUT2D eigenvalue weighted by Crippen LogP contribution is 2.23. The van der Waals surface area contributed by atoms with Gasteiger partial charge in [-0.3, -0.25) is 4.90 Å². The molecule has 0 N–H and O–H groups in total. The van der Waals surface area contributed by atoms with E-state index < -0.39 is 0 Å². The first-order valence-corrected chi connectivity index (χ1v) is 6.35. The van der Waals surface area contributed by atoms with E-state index in [4.69, 9.17) is 4.74 Å². The van der Waals surface area contributed by atoms with Gasteiger partial charge in [0.25, 0.3) is 0 Å². The number of ether oxygens (including phenoxy) is 1. The molecule has 0 amide bonds. The maximum atomic E-state index is 5.71. The predicted octanol–water partition coefficient (Wildman–Crippen LogP) is 2.85. The van der Waals surface area contributed by atoms with Crippen LogP contribution in [0.1, 0.15) is 18.9 Å². The van der Waals surface area contributed by atoms with Gasteiger partial charge in [-0.05, 0) is 18.9 Å². The second-order valence-electron chi connectivity index (χ2n) is 4.53. The van der Waals surface area contributed by atoms with Gasteiger partial charge in [0.05, 0.1) is 6.10 Å². The Bertz CT molecular complexity index is 349. The lowest BCUT2D eigenvalue weighted by Crippen LogP contribution is -2.28. The lowest BCUT2D eigenvalue weighted by molar-refractivity contribution is 0.0683. The third kappa shape index (κ3) is 3.18. The number of benzene rings is 1. The predicted molar refractivity (Wildman–Crippen MR) is 70.9 cm³/mol. The maximum Gasteiger partial charge on any atom is 0.0720 e. The van der Waals surface area contributed by atoms with Crippen LogP contribution in [-0.4, -0.2) is 30.2 Å². The van der Waals surface area contributed by atoms with Crippen LogP contribution >= 0.6 is 0 Å². The van der Waals surface area contributed by atoms with Crippen molar-refractivity contribution in [1.82, 2.24) is 4.90 Å². The van der Waals surface area contributed by atoms with Crippen LogP contribution in [0.2, 0.25) is 0 Å². The summed E-state index contributed by atoms with van der Waals surface area (Å²) < 4.78 is 5.71. The van der Waals surface area contributed by atoms with E-state index in [-0.39, 0.29) is 0 Å². The molecular formula is C15H21NO. The van der Waals surface area contributed by atoms with Crippen LogP contribution in [0.25, 0.3) is 0 Å². The summed E-state index contributed by atoms with van der Waals surface area (Å²) in [5, 5.41) is 0. The topological polar surface area (TPSA) is 12.5 Å². The fraction of sp³-hybridized carbons (Fsp3) is 0.467. The Labute approximate surface area is 104 Å². The van der Waals surface area contributed by atoms with Crippen molar-refractivity contribution in [2.75, 3.05) is 13.2 Å². The summed E-state index contributed by atoms with van der Waals surface area (Å²) in [5.74, 6) is 0. The Balaban J connectivity index is 1.97. The van der Waals surface area contributed by atoms with Crippen LogP contribution in [0.5, 0.6) is 0 Å². The molecule has 1 aromatic carbocycles. The van der Waals surface area contributed by atoms with E-state index in [1.165, 1.54) is 5.56 Å². The first kappa shape index (κ1) is 12.3. The summed E-state index contributed by atoms with van der Waals surface area (Å²) in [7, 11) is 0. The Morgan fingerprint density at radius 2 is 2.18 bits per heavy atom. The van der Waals surface area contributed by atoms with E-state index in [0.717, 1.165) is 26.1 Å². The van der Waals surface area contributed by atoms with Crippen LogP contribution in [0.15, 0.2) is 43.0 Å². The number of nitrogens with zero attached hydrogens (tertiary/aromatic N) is 1. The SMILES string of the molecule is C=CC1C[C@@H](OCC)CN1Cc1ccccc1. The van der Waals surface area contributed by atoms with Crippen LogP contribution in [0, 0.1) is 0 Å². The van der Waals surface area contributed by atoms with Crippen molar-refractivity contribution in [1.29, 1.82) is 0 Å². The van der Waals surface area contributed by atoms with Gasteiger partial charge in [-0.25, -0.2) is 0 Å². The molecule has 0 radical (unpaired) electrons. The minimum absolute atomic E-state index is 0.367. The smallest absolute Gasteiger partial charge is 0.0720 e. The third-order valence-electron chi connectivity index (χ3n) is 3.31. The maximum absolute atomic E-state index is 5.71. The number of hydrogen-bond acceptors (Lipinski definition) is 2. The molecule has 1 aliphatic rings. The summed E-state index contributed by atoms with van der Waals surface area (Å²) in [6.07, 6.45) is 3.48. The van der Waals surface area contributed by atoms with Crippen molar-refractivity contribution in [3.8, 4) is 0 Å². The largest absolute Gasteiger partial charge is 0.377 e. The van der Waals surface area contributed by atoms with E-state index in [1.807, 2.05) is 6.08 Å². The molecule has 2 nitrogen and oxygen atoms in total. The van der Waals surface area contributed by atoms with Crippen molar-refractivity contribution in [2.24, 2.45) is 0 Å². The van der Waals surface area contributed by atoms with E-state index in [9.17, 15) is 0 Å². The standard InChI is InChI=1S/C15H21NO/c1-3-14-10-15(17-4-2)12-16(14)11-13-8-6-5-7-9-13/h3,5-9,14-15H,1,4,10-12H2,2H3/t14?,15-/m1/s1. The fourth-order valence-electron chi connectivity index (χ4n) is 2.49. The van der Waals surface area contributed by atoms with E-state index >= 15 is 0 Å². The second kappa shape index (κ2) is 5.99. The van der Waals surface area contributed by atoms with E-state index in [1.54, 1.807) is 0 Å². The quantitative estimate of drug-likeness (QED) is 0.722. The zero-order chi connectivity index (χ0) is 12.1. The van der Waals surface area contributed by atoms with Gasteiger partial charge in [0, 0.05) is 25.7 Å². The van der Waals surface area contributed by atoms with Crippen molar-refractivity contribution < 1.29 is 4.74 Å². The molecule has 1 heterocycles. The molecule has 0 spiro atoms. The lowest BCUT2D eigenvalue weighted by atomic mass is 10.2. The van der Waals surface area contributed by atoms with Gasteiger partial charge < -0.3 is 4.74 Å². The molecule has 0 bridgehead atoms. The van der Waals surface area contributed by atoms with E-state index in [2.05, 4.69) is 48.7 Å². The molecule has 17 heavy (non-hydrogen) atoms. The molecule has 1 unspecified atom stereocenters. The summed E-state index contributed by atoms with van der Waals surface area (Å²) >= 11 is 0. The van der Waals surface area contributed by atoms with Crippen molar-refractivity contribution in [2.45, 2.75) is 32.0 Å². The zero-order valence-electron chi connectivity index (χ0n) is 10.5. The summed E-state index contributed by atoms with van der Waals surface area (Å²) in [6.45, 7) is 8.79. The second-order valence-corrected chi connectivity index (χ2v) is 4.53. The Morgan fingerprint density at radius 3 is 2.82 bits per heavy atom. The summed E-state index contributed by atoms with van der Waals surface area (Å²) in [6, 6.07) is 11.0. The molecule has 1 saturated heterocycles. The van der Waals surface area contributed by atoms with E-state index in [0.29, 0.717) is 12.1 Å². The van der Waals surface area contributed by atoms with Crippen LogP contribution in [0.3, 0.4) is 0 Å². The molecule has 2 heteroatoms. The van der Waals surface area contributed by atoms with Crippen LogP contribution in [0.4, 0.5) is 0 Å². The first-order valence-electron chi connectivity index (χ1n) is 6.35. The monoisotopic (exact) mass is 231 g/mol. The van der Waals surface area contributed by atoms with Gasteiger partial charge in [0.1, 0.15) is 0 Å². The fourth-order valence-corrected chi connectivity index (χ4v) is 2.49. The molecular weight excluding hydrogens is 210 g/mol. The minimum Gasteiger partial charge on any atom is -0.377 e. The number of hydrogen-bond donors (Lipinski definition) is 0. The van der Waals surface area contributed by atoms with Gasteiger partial charge in [0.15, 0.2) is 0 Å². The van der Waals surface area contributed by atoms with Crippen molar-refractivity contribution >= 4 is 0 Å². The van der Waals surface area contributed by atoms with Gasteiger partial charge in [0.2, 0.25) is 0 Å². The first-order chi connectivity index (χ1) is 8.33. The highest BCUT2D eigenvalue weighted by molar-refractivity contribution is 5.15. The minimum atomic E-state index is 0.367. The van der Waals surface area contributed by atoms with Gasteiger partial charge >= 0.3 is 0 Å². The highest BCUT2D eigenvalue weighted by atomic mass is 16.5. The molecule has 0 aromatic heterocycles. The third-order valence-corrected chi connectivity index (χ3v) is 3.31. The Hall–Kier alpha value is -1.12. The van der Waals surface area contributed by atoms with Gasteiger partial charge in [-0.2, -0.15) is 0 Å². The Morgan fingerprint density at radius 1 is 1.41 bits per heavy atom. The summed E-state index contributed by atoms with van der Waals surface area (Å²) in [5.41, 5.74) is 1.36. The summed E-state index contributed by atoms with van der Waals surface area (Å²) in [4.78, 5) is 2.45. The molecule has 92 valence electrons. The zero-order valence-corrected chi connectivity index (χ0v) is 10.5. The molecule has 2 rings (SSSR count). The highest BCUT2D eigenvalue weighted by Gasteiger charge is 2.30. The van der Waals surface area contributed by atoms with Gasteiger partial charge in [-0.1, -0.05) is 36.4 Å². The normalized spacial score (nSPS) is 25.0. The van der Waals surface area contributed by atoms with Crippen LogP contribution in [-0.2, 0) is 11.3 Å². The molecule has 1 aliphatic heterocycles. The number of rotatable bonds is 5. The molecule has 2 atom stereocenters. The average Bonchev–Trinajstić information content (AvgIpc) is 2.73. The molecule has 1 aromatic rings. The lowest BCUT2D eigenvalue weighted by Gasteiger charge is -2.21. The molecule has 0 saturated carbocycles. The van der Waals surface area contributed by atoms with Crippen LogP contribution < -0.4 is 0 Å². The van der Waals surface area contributed by atoms with Crippen molar-refractivity contribution in [3.05, 3.63) is 48.6 Å². The van der Waals surface area contributed by atoms with Crippen molar-refractivity contribution in [3.63, 3.8) is 0 Å². The molecule has 0 aliphatic carbocycles. The Kier molecular flexibility index (Phi) is 4.35. The van der Waals surface area contributed by atoms with Gasteiger partial charge in [-0.15, -0.1) is 6.58 Å². The number of likely N-dealkylation sites (tertiary alicyclic amines) is 1. The average molecular weight is 231 g/mol. The molecule has 1 fully saturated rings.